The second kappa shape index (κ2) is 11.7. The van der Waals surface area contributed by atoms with E-state index in [0.29, 0.717) is 33.1 Å². The quantitative estimate of drug-likeness (QED) is 0.181. The number of esters is 1. The standard InChI is InChI=1S/C23H42O7Si3/c1-16(2)22(29-32(6,7)8)23(31,30-33(9,10)11)28-19(24)15-13-17-12-14-18(25-3)21(27-5)20(17)26-4/h12-16,22H,1-11,31H3. The molecule has 0 bridgehead atoms. The van der Waals surface area contributed by atoms with E-state index in [0.717, 1.165) is 0 Å². The average Bonchev–Trinajstić information content (AvgIpc) is 2.67. The zero-order valence-electron chi connectivity index (χ0n) is 22.3. The molecule has 1 aromatic rings. The van der Waals surface area contributed by atoms with Gasteiger partial charge in [0.2, 0.25) is 5.75 Å². The number of carbonyl (C=O) groups is 1. The lowest BCUT2D eigenvalue weighted by molar-refractivity contribution is -0.196. The fourth-order valence-electron chi connectivity index (χ4n) is 3.62. The van der Waals surface area contributed by atoms with Crippen molar-refractivity contribution in [3.05, 3.63) is 23.8 Å². The van der Waals surface area contributed by atoms with Crippen LogP contribution >= 0.6 is 0 Å². The molecule has 0 aliphatic rings. The van der Waals surface area contributed by atoms with Crippen LogP contribution in [-0.4, -0.2) is 65.7 Å². The zero-order chi connectivity index (χ0) is 25.6. The summed E-state index contributed by atoms with van der Waals surface area (Å²) in [7, 11) is 1.14. The Balaban J connectivity index is 3.30. The first-order valence-electron chi connectivity index (χ1n) is 11.1. The molecule has 2 unspecified atom stereocenters. The molecule has 0 heterocycles. The van der Waals surface area contributed by atoms with Gasteiger partial charge in [-0.15, -0.1) is 0 Å². The van der Waals surface area contributed by atoms with Crippen LogP contribution in [0.2, 0.25) is 39.3 Å². The Hall–Kier alpha value is -1.60. The summed E-state index contributed by atoms with van der Waals surface area (Å²) in [5.74, 6) is 1.09. The molecular weight excluding hydrogens is 473 g/mol. The van der Waals surface area contributed by atoms with E-state index in [1.165, 1.54) is 13.2 Å². The second-order valence-corrected chi connectivity index (χ2v) is 20.6. The molecule has 1 rings (SSSR count). The number of carbonyl (C=O) groups excluding carboxylic acids is 1. The number of hydrogen-bond acceptors (Lipinski definition) is 7. The van der Waals surface area contributed by atoms with E-state index in [1.54, 1.807) is 32.4 Å². The van der Waals surface area contributed by atoms with Gasteiger partial charge in [-0.05, 0) is 63.4 Å². The van der Waals surface area contributed by atoms with Crippen LogP contribution in [0.3, 0.4) is 0 Å². The Morgan fingerprint density at radius 3 is 1.94 bits per heavy atom. The summed E-state index contributed by atoms with van der Waals surface area (Å²) >= 11 is 0. The molecule has 0 radical (unpaired) electrons. The van der Waals surface area contributed by atoms with Crippen LogP contribution in [0.5, 0.6) is 17.2 Å². The zero-order valence-corrected chi connectivity index (χ0v) is 26.3. The van der Waals surface area contributed by atoms with Gasteiger partial charge in [-0.3, -0.25) is 0 Å². The first-order valence-corrected chi connectivity index (χ1v) is 19.0. The van der Waals surface area contributed by atoms with Crippen molar-refractivity contribution in [3.63, 3.8) is 0 Å². The topological polar surface area (TPSA) is 72.5 Å². The van der Waals surface area contributed by atoms with Crippen LogP contribution in [0.25, 0.3) is 6.08 Å². The van der Waals surface area contributed by atoms with Gasteiger partial charge in [-0.2, -0.15) is 0 Å². The highest BCUT2D eigenvalue weighted by Gasteiger charge is 2.45. The number of ether oxygens (including phenoxy) is 4. The van der Waals surface area contributed by atoms with Gasteiger partial charge in [0.1, 0.15) is 6.10 Å². The number of methoxy groups -OCH3 is 3. The van der Waals surface area contributed by atoms with Crippen molar-refractivity contribution in [2.45, 2.75) is 64.6 Å². The molecular formula is C23H42O7Si3. The van der Waals surface area contributed by atoms with Crippen LogP contribution in [0, 0.1) is 5.92 Å². The molecule has 188 valence electrons. The number of hydrogen-bond donors (Lipinski definition) is 0. The Morgan fingerprint density at radius 1 is 0.939 bits per heavy atom. The first kappa shape index (κ1) is 29.4. The van der Waals surface area contributed by atoms with Gasteiger partial charge in [-0.25, -0.2) is 4.79 Å². The van der Waals surface area contributed by atoms with Crippen LogP contribution in [0.4, 0.5) is 0 Å². The van der Waals surface area contributed by atoms with Crippen molar-refractivity contribution in [3.8, 4) is 17.2 Å². The summed E-state index contributed by atoms with van der Waals surface area (Å²) < 4.78 is 35.2. The Morgan fingerprint density at radius 2 is 1.52 bits per heavy atom. The monoisotopic (exact) mass is 514 g/mol. The molecule has 7 nitrogen and oxygen atoms in total. The number of rotatable bonds is 12. The summed E-state index contributed by atoms with van der Waals surface area (Å²) in [5.41, 5.74) is -0.418. The Kier molecular flexibility index (Phi) is 10.4. The lowest BCUT2D eigenvalue weighted by atomic mass is 10.1. The second-order valence-electron chi connectivity index (χ2n) is 10.3. The van der Waals surface area contributed by atoms with E-state index in [2.05, 4.69) is 53.1 Å². The van der Waals surface area contributed by atoms with Gasteiger partial charge in [0.05, 0.1) is 31.6 Å². The molecule has 0 fully saturated rings. The highest BCUT2D eigenvalue weighted by Crippen LogP contribution is 2.40. The highest BCUT2D eigenvalue weighted by molar-refractivity contribution is 6.70. The van der Waals surface area contributed by atoms with Crippen molar-refractivity contribution < 1.29 is 32.6 Å². The molecule has 0 N–H and O–H groups in total. The minimum absolute atomic E-state index is 0.119. The highest BCUT2D eigenvalue weighted by atomic mass is 28.4. The normalized spacial score (nSPS) is 15.4. The van der Waals surface area contributed by atoms with Gasteiger partial charge in [0.25, 0.3) is 0 Å². The molecule has 0 spiro atoms. The van der Waals surface area contributed by atoms with E-state index in [9.17, 15) is 4.79 Å². The van der Waals surface area contributed by atoms with Crippen LogP contribution in [0.15, 0.2) is 18.2 Å². The van der Waals surface area contributed by atoms with Crippen molar-refractivity contribution in [2.24, 2.45) is 5.92 Å². The third-order valence-corrected chi connectivity index (χ3v) is 7.91. The minimum Gasteiger partial charge on any atom is -0.493 e. The van der Waals surface area contributed by atoms with Crippen LogP contribution < -0.4 is 14.2 Å². The maximum atomic E-state index is 13.0. The van der Waals surface area contributed by atoms with Crippen LogP contribution in [0.1, 0.15) is 19.4 Å². The van der Waals surface area contributed by atoms with Crippen molar-refractivity contribution >= 4 is 38.9 Å². The predicted octanol–water partition coefficient (Wildman–Crippen LogP) is 4.02. The lowest BCUT2D eigenvalue weighted by Crippen LogP contribution is -2.59. The maximum absolute atomic E-state index is 13.0. The summed E-state index contributed by atoms with van der Waals surface area (Å²) in [5, 5.41) is 0. The van der Waals surface area contributed by atoms with E-state index in [1.807, 2.05) is 0 Å². The van der Waals surface area contributed by atoms with Gasteiger partial charge < -0.3 is 27.8 Å². The van der Waals surface area contributed by atoms with Crippen LogP contribution in [-0.2, 0) is 18.4 Å². The molecule has 2 atom stereocenters. The SMILES string of the molecule is COc1ccc(C=CC(=O)OC([SiH3])(O[Si](C)(C)C)C(O[Si](C)(C)C)C(C)C)c(OC)c1OC. The average molecular weight is 515 g/mol. The molecule has 0 amide bonds. The fourth-order valence-corrected chi connectivity index (χ4v) is 9.30. The third-order valence-electron chi connectivity index (χ3n) is 4.55. The molecule has 0 saturated carbocycles. The van der Waals surface area contributed by atoms with Gasteiger partial charge >= 0.3 is 5.97 Å². The van der Waals surface area contributed by atoms with Crippen molar-refractivity contribution in [1.82, 2.24) is 0 Å². The largest absolute Gasteiger partial charge is 0.493 e. The summed E-state index contributed by atoms with van der Waals surface area (Å²) in [6.45, 7) is 16.8. The number of benzene rings is 1. The Labute approximate surface area is 204 Å². The summed E-state index contributed by atoms with van der Waals surface area (Å²) in [4.78, 5) is 13.0. The molecule has 0 aliphatic heterocycles. The maximum Gasteiger partial charge on any atom is 0.333 e. The van der Waals surface area contributed by atoms with Crippen molar-refractivity contribution in [2.75, 3.05) is 21.3 Å². The van der Waals surface area contributed by atoms with E-state index >= 15 is 0 Å². The smallest absolute Gasteiger partial charge is 0.333 e. The fraction of sp³-hybridized carbons (Fsp3) is 0.609. The molecule has 0 saturated heterocycles. The molecule has 0 aromatic heterocycles. The Bertz CT molecular complexity index is 829. The molecule has 0 aliphatic carbocycles. The summed E-state index contributed by atoms with van der Waals surface area (Å²) in [6.07, 6.45) is 2.69. The van der Waals surface area contributed by atoms with E-state index in [-0.39, 0.29) is 12.0 Å². The van der Waals surface area contributed by atoms with E-state index in [4.69, 9.17) is 27.8 Å². The van der Waals surface area contributed by atoms with Gasteiger partial charge in [-0.1, -0.05) is 13.8 Å². The summed E-state index contributed by atoms with van der Waals surface area (Å²) in [6, 6.07) is 3.55. The molecule has 10 heteroatoms. The molecule has 33 heavy (non-hydrogen) atoms. The lowest BCUT2D eigenvalue weighted by Gasteiger charge is -2.45. The predicted molar refractivity (Wildman–Crippen MR) is 141 cm³/mol. The minimum atomic E-state index is -2.05. The third kappa shape index (κ3) is 8.93. The van der Waals surface area contributed by atoms with E-state index < -0.39 is 28.0 Å². The molecule has 1 aromatic carbocycles. The van der Waals surface area contributed by atoms with Gasteiger partial charge in [0, 0.05) is 11.6 Å². The van der Waals surface area contributed by atoms with Crippen molar-refractivity contribution in [1.29, 1.82) is 0 Å². The van der Waals surface area contributed by atoms with Gasteiger partial charge in [0.15, 0.2) is 33.5 Å². The first-order chi connectivity index (χ1) is 15.1.